The molecule has 1 aliphatic rings. The Morgan fingerprint density at radius 3 is 2.90 bits per heavy atom. The topological polar surface area (TPSA) is 18.5 Å². The number of rotatable bonds is 3. The lowest BCUT2D eigenvalue weighted by Gasteiger charge is -2.19. The first kappa shape index (κ1) is 15.2. The first-order valence-corrected chi connectivity index (χ1v) is 7.19. The molecule has 0 radical (unpaired) electrons. The maximum absolute atomic E-state index is 13.7. The normalized spacial score (nSPS) is 20.3. The highest BCUT2D eigenvalue weighted by molar-refractivity contribution is 6.19. The molecule has 0 saturated carbocycles. The summed E-state index contributed by atoms with van der Waals surface area (Å²) in [5.74, 6) is 5.57. The molecule has 1 heterocycles. The van der Waals surface area contributed by atoms with Gasteiger partial charge in [0, 0.05) is 6.07 Å². The number of benzene rings is 1. The number of hydrogen-bond acceptors (Lipinski definition) is 2. The molecule has 2 rings (SSSR count). The first-order chi connectivity index (χ1) is 9.50. The zero-order valence-electron chi connectivity index (χ0n) is 11.7. The van der Waals surface area contributed by atoms with Crippen molar-refractivity contribution in [2.24, 2.45) is 0 Å². The van der Waals surface area contributed by atoms with Gasteiger partial charge in [0.25, 0.3) is 0 Å². The lowest BCUT2D eigenvalue weighted by molar-refractivity contribution is -0.0326. The SMILES string of the molecule is CC1(C)CCC(COc2ccc(C#CCCl)c(F)c2)O1. The third-order valence-corrected chi connectivity index (χ3v) is 3.35. The molecule has 2 nitrogen and oxygen atoms in total. The van der Waals surface area contributed by atoms with Gasteiger partial charge in [-0.1, -0.05) is 11.8 Å². The zero-order valence-corrected chi connectivity index (χ0v) is 12.5. The number of hydrogen-bond donors (Lipinski definition) is 0. The van der Waals surface area contributed by atoms with Crippen LogP contribution in [-0.4, -0.2) is 24.2 Å². The Balaban J connectivity index is 1.92. The predicted molar refractivity (Wildman–Crippen MR) is 77.7 cm³/mol. The molecule has 1 aromatic carbocycles. The summed E-state index contributed by atoms with van der Waals surface area (Å²) < 4.78 is 25.1. The number of halogens is 2. The van der Waals surface area contributed by atoms with Crippen molar-refractivity contribution >= 4 is 11.6 Å². The van der Waals surface area contributed by atoms with Crippen LogP contribution in [0.15, 0.2) is 18.2 Å². The van der Waals surface area contributed by atoms with Crippen LogP contribution in [-0.2, 0) is 4.74 Å². The monoisotopic (exact) mass is 296 g/mol. The average molecular weight is 297 g/mol. The fraction of sp³-hybridized carbons (Fsp3) is 0.500. The van der Waals surface area contributed by atoms with Crippen molar-refractivity contribution in [1.29, 1.82) is 0 Å². The van der Waals surface area contributed by atoms with Crippen molar-refractivity contribution in [3.05, 3.63) is 29.6 Å². The van der Waals surface area contributed by atoms with Crippen LogP contribution in [0.4, 0.5) is 4.39 Å². The Hall–Kier alpha value is -1.24. The second-order valence-corrected chi connectivity index (χ2v) is 5.69. The summed E-state index contributed by atoms with van der Waals surface area (Å²) >= 11 is 5.45. The minimum atomic E-state index is -0.396. The van der Waals surface area contributed by atoms with Crippen LogP contribution in [0.2, 0.25) is 0 Å². The standard InChI is InChI=1S/C16H18ClFO2/c1-16(2)8-7-14(20-16)11-19-13-6-5-12(4-3-9-17)15(18)10-13/h5-6,10,14H,7-9,11H2,1-2H3. The first-order valence-electron chi connectivity index (χ1n) is 6.65. The van der Waals surface area contributed by atoms with Gasteiger partial charge in [-0.2, -0.15) is 0 Å². The van der Waals surface area contributed by atoms with Crippen molar-refractivity contribution in [2.75, 3.05) is 12.5 Å². The van der Waals surface area contributed by atoms with Crippen LogP contribution in [0, 0.1) is 17.7 Å². The Morgan fingerprint density at radius 1 is 1.50 bits per heavy atom. The van der Waals surface area contributed by atoms with Gasteiger partial charge in [0.1, 0.15) is 18.2 Å². The Bertz CT molecular complexity index is 531. The van der Waals surface area contributed by atoms with Crippen molar-refractivity contribution in [1.82, 2.24) is 0 Å². The molecule has 1 aliphatic heterocycles. The van der Waals surface area contributed by atoms with E-state index in [1.807, 2.05) is 0 Å². The van der Waals surface area contributed by atoms with Crippen LogP contribution in [0.1, 0.15) is 32.3 Å². The molecule has 0 spiro atoms. The van der Waals surface area contributed by atoms with Gasteiger partial charge in [0.15, 0.2) is 0 Å². The molecule has 108 valence electrons. The van der Waals surface area contributed by atoms with E-state index in [1.54, 1.807) is 12.1 Å². The van der Waals surface area contributed by atoms with Crippen LogP contribution in [0.25, 0.3) is 0 Å². The molecule has 0 aromatic heterocycles. The van der Waals surface area contributed by atoms with Gasteiger partial charge in [-0.05, 0) is 38.8 Å². The summed E-state index contributed by atoms with van der Waals surface area (Å²) in [6.07, 6.45) is 2.06. The highest BCUT2D eigenvalue weighted by Gasteiger charge is 2.31. The van der Waals surface area contributed by atoms with E-state index >= 15 is 0 Å². The Morgan fingerprint density at radius 2 is 2.30 bits per heavy atom. The Labute approximate surface area is 124 Å². The van der Waals surface area contributed by atoms with Crippen LogP contribution in [0.3, 0.4) is 0 Å². The fourth-order valence-electron chi connectivity index (χ4n) is 2.20. The van der Waals surface area contributed by atoms with Crippen molar-refractivity contribution in [2.45, 2.75) is 38.4 Å². The van der Waals surface area contributed by atoms with E-state index < -0.39 is 5.82 Å². The molecule has 0 amide bonds. The molecule has 1 saturated heterocycles. The van der Waals surface area contributed by atoms with E-state index in [4.69, 9.17) is 21.1 Å². The molecular weight excluding hydrogens is 279 g/mol. The smallest absolute Gasteiger partial charge is 0.142 e. The van der Waals surface area contributed by atoms with Crippen LogP contribution in [0.5, 0.6) is 5.75 Å². The lowest BCUT2D eigenvalue weighted by Crippen LogP contribution is -2.23. The zero-order chi connectivity index (χ0) is 14.6. The molecule has 1 atom stereocenters. The molecule has 0 bridgehead atoms. The number of alkyl halides is 1. The average Bonchev–Trinajstić information content (AvgIpc) is 2.75. The van der Waals surface area contributed by atoms with Crippen LogP contribution < -0.4 is 4.74 Å². The van der Waals surface area contributed by atoms with Gasteiger partial charge in [0.2, 0.25) is 0 Å². The highest BCUT2D eigenvalue weighted by atomic mass is 35.5. The quantitative estimate of drug-likeness (QED) is 0.625. The summed E-state index contributed by atoms with van der Waals surface area (Å²) in [5, 5.41) is 0. The summed E-state index contributed by atoms with van der Waals surface area (Å²) in [6.45, 7) is 4.57. The maximum Gasteiger partial charge on any atom is 0.142 e. The largest absolute Gasteiger partial charge is 0.491 e. The van der Waals surface area contributed by atoms with E-state index in [0.29, 0.717) is 17.9 Å². The molecule has 1 aromatic rings. The highest BCUT2D eigenvalue weighted by Crippen LogP contribution is 2.29. The number of ether oxygens (including phenoxy) is 2. The minimum absolute atomic E-state index is 0.0729. The molecule has 4 heteroatoms. The third-order valence-electron chi connectivity index (χ3n) is 3.22. The second-order valence-electron chi connectivity index (χ2n) is 5.43. The predicted octanol–water partition coefficient (Wildman–Crippen LogP) is 3.75. The molecular formula is C16H18ClFO2. The fourth-order valence-corrected chi connectivity index (χ4v) is 2.27. The van der Waals surface area contributed by atoms with Gasteiger partial charge >= 0.3 is 0 Å². The summed E-state index contributed by atoms with van der Waals surface area (Å²) in [6, 6.07) is 4.66. The van der Waals surface area contributed by atoms with Gasteiger partial charge in [-0.25, -0.2) is 4.39 Å². The van der Waals surface area contributed by atoms with E-state index in [-0.39, 0.29) is 17.6 Å². The van der Waals surface area contributed by atoms with Gasteiger partial charge in [0.05, 0.1) is 23.1 Å². The van der Waals surface area contributed by atoms with Crippen molar-refractivity contribution in [3.63, 3.8) is 0 Å². The minimum Gasteiger partial charge on any atom is -0.491 e. The van der Waals surface area contributed by atoms with Gasteiger partial charge in [-0.3, -0.25) is 0 Å². The Kier molecular flexibility index (Phi) is 4.91. The van der Waals surface area contributed by atoms with E-state index in [0.717, 1.165) is 12.8 Å². The third kappa shape index (κ3) is 4.13. The molecule has 20 heavy (non-hydrogen) atoms. The lowest BCUT2D eigenvalue weighted by atomic mass is 10.1. The summed E-state index contributed by atoms with van der Waals surface area (Å²) in [7, 11) is 0. The molecule has 1 fully saturated rings. The van der Waals surface area contributed by atoms with Gasteiger partial charge in [-0.15, -0.1) is 11.6 Å². The van der Waals surface area contributed by atoms with Crippen LogP contribution >= 0.6 is 11.6 Å². The van der Waals surface area contributed by atoms with Gasteiger partial charge < -0.3 is 9.47 Å². The molecule has 0 aliphatic carbocycles. The molecule has 0 N–H and O–H groups in total. The van der Waals surface area contributed by atoms with E-state index in [1.165, 1.54) is 6.07 Å². The van der Waals surface area contributed by atoms with E-state index in [2.05, 4.69) is 25.7 Å². The summed E-state index contributed by atoms with van der Waals surface area (Å²) in [5.41, 5.74) is 0.247. The van der Waals surface area contributed by atoms with Crippen molar-refractivity contribution in [3.8, 4) is 17.6 Å². The maximum atomic E-state index is 13.7. The van der Waals surface area contributed by atoms with Crippen molar-refractivity contribution < 1.29 is 13.9 Å². The van der Waals surface area contributed by atoms with E-state index in [9.17, 15) is 4.39 Å². The second kappa shape index (κ2) is 6.47. The summed E-state index contributed by atoms with van der Waals surface area (Å²) in [4.78, 5) is 0. The molecule has 1 unspecified atom stereocenters.